The van der Waals surface area contributed by atoms with Crippen LogP contribution in [0.25, 0.3) is 0 Å². The summed E-state index contributed by atoms with van der Waals surface area (Å²) in [5.74, 6) is -0.896. The van der Waals surface area contributed by atoms with Gasteiger partial charge >= 0.3 is 6.09 Å². The van der Waals surface area contributed by atoms with Gasteiger partial charge in [-0.3, -0.25) is 9.59 Å². The average molecular weight is 500 g/mol. The average Bonchev–Trinajstić information content (AvgIpc) is 2.84. The molecular weight excluding hydrogens is 462 g/mol. The second-order valence-electron chi connectivity index (χ2n) is 9.10. The number of carboxylic acid groups (broad SMARTS) is 1. The van der Waals surface area contributed by atoms with Crippen molar-refractivity contribution in [2.45, 2.75) is 63.5 Å². The lowest BCUT2D eigenvalue weighted by Crippen LogP contribution is -2.61. The van der Waals surface area contributed by atoms with Crippen molar-refractivity contribution < 1.29 is 29.7 Å². The molecule has 2 unspecified atom stereocenters. The van der Waals surface area contributed by atoms with Gasteiger partial charge in [0.1, 0.15) is 17.3 Å². The second kappa shape index (κ2) is 14.7. The Kier molecular flexibility index (Phi) is 11.7. The number of aliphatic hydroxyl groups is 1. The van der Waals surface area contributed by atoms with Crippen LogP contribution in [0.2, 0.25) is 0 Å². The molecule has 2 atom stereocenters. The fourth-order valence-electron chi connectivity index (χ4n) is 3.92. The predicted molar refractivity (Wildman–Crippen MR) is 137 cm³/mol. The number of carbonyl (C=O) groups excluding carboxylic acids is 2. The van der Waals surface area contributed by atoms with E-state index in [0.717, 1.165) is 43.2 Å². The maximum atomic E-state index is 13.4. The first-order valence-electron chi connectivity index (χ1n) is 12.3. The number of hydrogen-bond donors (Lipinski definition) is 6. The Balaban J connectivity index is 2.12. The van der Waals surface area contributed by atoms with Gasteiger partial charge in [0.2, 0.25) is 11.8 Å². The highest BCUT2D eigenvalue weighted by atomic mass is 16.4. The minimum absolute atomic E-state index is 0.0890. The third-order valence-corrected chi connectivity index (χ3v) is 5.92. The Morgan fingerprint density at radius 3 is 2.17 bits per heavy atom. The smallest absolute Gasteiger partial charge is 0.405 e. The molecule has 0 aliphatic carbocycles. The molecule has 0 aliphatic rings. The fraction of sp³-hybridized carbons (Fsp3) is 0.444. The van der Waals surface area contributed by atoms with Crippen LogP contribution in [-0.4, -0.2) is 58.0 Å². The van der Waals surface area contributed by atoms with Gasteiger partial charge in [-0.15, -0.1) is 0 Å². The van der Waals surface area contributed by atoms with E-state index >= 15 is 0 Å². The lowest BCUT2D eigenvalue weighted by molar-refractivity contribution is -0.132. The maximum Gasteiger partial charge on any atom is 0.405 e. The number of carbonyl (C=O) groups is 3. The van der Waals surface area contributed by atoms with Crippen LogP contribution in [0.1, 0.15) is 50.2 Å². The summed E-state index contributed by atoms with van der Waals surface area (Å²) in [5, 5.41) is 35.8. The summed E-state index contributed by atoms with van der Waals surface area (Å²) in [6, 6.07) is 14.4. The van der Waals surface area contributed by atoms with Crippen LogP contribution < -0.4 is 16.0 Å². The van der Waals surface area contributed by atoms with Crippen LogP contribution in [0.5, 0.6) is 5.75 Å². The minimum atomic E-state index is -1.51. The molecule has 0 spiro atoms. The van der Waals surface area contributed by atoms with Crippen molar-refractivity contribution in [1.29, 1.82) is 0 Å². The molecule has 6 N–H and O–H groups in total. The fourth-order valence-corrected chi connectivity index (χ4v) is 3.92. The molecule has 196 valence electrons. The number of phenolic OH excluding ortho intramolecular Hbond substituents is 1. The van der Waals surface area contributed by atoms with Gasteiger partial charge in [0.15, 0.2) is 0 Å². The molecule has 9 heteroatoms. The highest BCUT2D eigenvalue weighted by molar-refractivity contribution is 5.94. The zero-order chi connectivity index (χ0) is 26.4. The summed E-state index contributed by atoms with van der Waals surface area (Å²) < 4.78 is 0. The second-order valence-corrected chi connectivity index (χ2v) is 9.10. The van der Waals surface area contributed by atoms with Crippen molar-refractivity contribution in [2.75, 3.05) is 13.2 Å². The molecule has 0 radical (unpaired) electrons. The number of nitrogens with one attached hydrogen (secondary N) is 3. The maximum absolute atomic E-state index is 13.4. The van der Waals surface area contributed by atoms with Gasteiger partial charge in [-0.05, 0) is 43.0 Å². The van der Waals surface area contributed by atoms with Crippen LogP contribution in [0, 0.1) is 0 Å². The lowest BCUT2D eigenvalue weighted by atomic mass is 9.91. The number of benzene rings is 2. The molecule has 0 heterocycles. The number of aliphatic hydroxyl groups excluding tert-OH is 1. The van der Waals surface area contributed by atoms with Gasteiger partial charge in [0, 0.05) is 26.0 Å². The SMILES string of the molecule is CC(Cc1ccccc1)(NC(=O)O)C(=O)NC(Cc1ccc(O)cc1)C(=O)NCCCCCCCO. The van der Waals surface area contributed by atoms with E-state index in [2.05, 4.69) is 16.0 Å². The minimum Gasteiger partial charge on any atom is -0.508 e. The normalized spacial score (nSPS) is 13.3. The van der Waals surface area contributed by atoms with E-state index in [1.54, 1.807) is 36.4 Å². The summed E-state index contributed by atoms with van der Waals surface area (Å²) >= 11 is 0. The Labute approximate surface area is 211 Å². The van der Waals surface area contributed by atoms with Crippen molar-refractivity contribution >= 4 is 17.9 Å². The van der Waals surface area contributed by atoms with E-state index in [9.17, 15) is 24.6 Å². The van der Waals surface area contributed by atoms with Gasteiger partial charge in [-0.1, -0.05) is 61.7 Å². The van der Waals surface area contributed by atoms with Crippen LogP contribution >= 0.6 is 0 Å². The largest absolute Gasteiger partial charge is 0.508 e. The molecule has 2 aromatic carbocycles. The number of aromatic hydroxyl groups is 1. The van der Waals surface area contributed by atoms with Crippen LogP contribution in [-0.2, 0) is 22.4 Å². The van der Waals surface area contributed by atoms with E-state index in [1.807, 2.05) is 6.07 Å². The summed E-state index contributed by atoms with van der Waals surface area (Å²) in [7, 11) is 0. The van der Waals surface area contributed by atoms with Crippen molar-refractivity contribution in [1.82, 2.24) is 16.0 Å². The molecule has 0 aromatic heterocycles. The molecule has 0 aliphatic heterocycles. The van der Waals surface area contributed by atoms with Crippen LogP contribution in [0.4, 0.5) is 4.79 Å². The van der Waals surface area contributed by atoms with Gasteiger partial charge in [-0.2, -0.15) is 0 Å². The zero-order valence-electron chi connectivity index (χ0n) is 20.7. The third kappa shape index (κ3) is 9.95. The summed E-state index contributed by atoms with van der Waals surface area (Å²) in [6.45, 7) is 2.11. The first-order chi connectivity index (χ1) is 17.2. The van der Waals surface area contributed by atoms with Crippen LogP contribution in [0.15, 0.2) is 54.6 Å². The van der Waals surface area contributed by atoms with Gasteiger partial charge in [0.05, 0.1) is 0 Å². The molecular formula is C27H37N3O6. The molecule has 0 fully saturated rings. The standard InChI is InChI=1S/C27H37N3O6/c1-27(30-26(35)36,19-21-10-6-5-7-11-21)25(34)29-23(18-20-12-14-22(32)15-13-20)24(33)28-16-8-3-2-4-9-17-31/h5-7,10-15,23,30-32H,2-4,8-9,16-19H2,1H3,(H,28,33)(H,29,34)(H,35,36). The molecule has 3 amide bonds. The Morgan fingerprint density at radius 2 is 1.53 bits per heavy atom. The topological polar surface area (TPSA) is 148 Å². The van der Waals surface area contributed by atoms with E-state index < -0.39 is 23.6 Å². The number of unbranched alkanes of at least 4 members (excludes halogenated alkanes) is 4. The van der Waals surface area contributed by atoms with E-state index in [4.69, 9.17) is 5.11 Å². The lowest BCUT2D eigenvalue weighted by Gasteiger charge is -2.30. The van der Waals surface area contributed by atoms with Crippen molar-refractivity contribution in [3.05, 3.63) is 65.7 Å². The Hall–Kier alpha value is -3.59. The van der Waals surface area contributed by atoms with Crippen molar-refractivity contribution in [2.24, 2.45) is 0 Å². The van der Waals surface area contributed by atoms with Crippen molar-refractivity contribution in [3.63, 3.8) is 0 Å². The van der Waals surface area contributed by atoms with Gasteiger partial charge in [-0.25, -0.2) is 4.79 Å². The number of hydrogen-bond acceptors (Lipinski definition) is 5. The van der Waals surface area contributed by atoms with Gasteiger partial charge in [0.25, 0.3) is 0 Å². The quantitative estimate of drug-likeness (QED) is 0.208. The molecule has 2 rings (SSSR count). The zero-order valence-corrected chi connectivity index (χ0v) is 20.7. The Bertz CT molecular complexity index is 967. The Morgan fingerprint density at radius 1 is 0.889 bits per heavy atom. The first kappa shape index (κ1) is 28.6. The predicted octanol–water partition coefficient (Wildman–Crippen LogP) is 2.75. The van der Waals surface area contributed by atoms with E-state index in [-0.39, 0.29) is 31.1 Å². The molecule has 36 heavy (non-hydrogen) atoms. The summed E-state index contributed by atoms with van der Waals surface area (Å²) in [4.78, 5) is 37.9. The third-order valence-electron chi connectivity index (χ3n) is 5.92. The highest BCUT2D eigenvalue weighted by Gasteiger charge is 2.37. The highest BCUT2D eigenvalue weighted by Crippen LogP contribution is 2.16. The van der Waals surface area contributed by atoms with Gasteiger partial charge < -0.3 is 31.3 Å². The summed E-state index contributed by atoms with van der Waals surface area (Å²) in [6.07, 6.45) is 3.26. The number of phenols is 1. The first-order valence-corrected chi connectivity index (χ1v) is 12.3. The molecule has 2 aromatic rings. The number of amides is 3. The van der Waals surface area contributed by atoms with E-state index in [1.165, 1.54) is 19.1 Å². The molecule has 9 nitrogen and oxygen atoms in total. The number of rotatable bonds is 15. The molecule has 0 saturated heterocycles. The van der Waals surface area contributed by atoms with E-state index in [0.29, 0.717) is 6.54 Å². The molecule has 0 saturated carbocycles. The molecule has 0 bridgehead atoms. The summed E-state index contributed by atoms with van der Waals surface area (Å²) in [5.41, 5.74) is -0.00857. The van der Waals surface area contributed by atoms with Crippen LogP contribution in [0.3, 0.4) is 0 Å². The van der Waals surface area contributed by atoms with Crippen molar-refractivity contribution in [3.8, 4) is 5.75 Å². The monoisotopic (exact) mass is 499 g/mol.